The topological polar surface area (TPSA) is 48.7 Å². The van der Waals surface area contributed by atoms with Crippen LogP contribution in [0.2, 0.25) is 0 Å². The fourth-order valence-corrected chi connectivity index (χ4v) is 3.37. The normalized spacial score (nSPS) is 19.0. The first kappa shape index (κ1) is 12.3. The lowest BCUT2D eigenvalue weighted by Crippen LogP contribution is -2.26. The third-order valence-corrected chi connectivity index (χ3v) is 4.41. The molecule has 0 bridgehead atoms. The van der Waals surface area contributed by atoms with E-state index in [2.05, 4.69) is 16.8 Å². The molecule has 1 N–H and O–H groups in total. The van der Waals surface area contributed by atoms with Crippen LogP contribution in [0.25, 0.3) is 11.3 Å². The Kier molecular flexibility index (Phi) is 3.58. The molecule has 0 unspecified atom stereocenters. The maximum atomic E-state index is 9.15. The molecule has 96 valence electrons. The number of hydrogen-bond acceptors (Lipinski definition) is 4. The highest BCUT2D eigenvalue weighted by Gasteiger charge is 2.18. The van der Waals surface area contributed by atoms with Gasteiger partial charge in [0, 0.05) is 10.9 Å². The number of piperidine rings is 1. The average molecular weight is 269 g/mol. The SMILES string of the molecule is N#Cc1ccccc1-c1csc([C@H]2CCCCN2)n1. The summed E-state index contributed by atoms with van der Waals surface area (Å²) in [5.41, 5.74) is 2.55. The molecule has 2 aromatic rings. The van der Waals surface area contributed by atoms with E-state index in [1.807, 2.05) is 24.3 Å². The van der Waals surface area contributed by atoms with Crippen LogP contribution in [0.1, 0.15) is 35.9 Å². The average Bonchev–Trinajstić information content (AvgIpc) is 2.98. The largest absolute Gasteiger partial charge is 0.308 e. The van der Waals surface area contributed by atoms with Gasteiger partial charge in [0.15, 0.2) is 0 Å². The molecule has 1 saturated heterocycles. The van der Waals surface area contributed by atoms with E-state index in [-0.39, 0.29) is 0 Å². The van der Waals surface area contributed by atoms with Crippen LogP contribution >= 0.6 is 11.3 Å². The van der Waals surface area contributed by atoms with Crippen LogP contribution in [0.4, 0.5) is 0 Å². The first-order valence-electron chi connectivity index (χ1n) is 6.57. The number of nitrogens with one attached hydrogen (secondary N) is 1. The molecule has 0 radical (unpaired) electrons. The molecule has 1 aliphatic rings. The van der Waals surface area contributed by atoms with Gasteiger partial charge in [0.2, 0.25) is 0 Å². The highest BCUT2D eigenvalue weighted by atomic mass is 32.1. The summed E-state index contributed by atoms with van der Waals surface area (Å²) in [4.78, 5) is 4.72. The minimum atomic E-state index is 0.391. The van der Waals surface area contributed by atoms with E-state index in [1.54, 1.807) is 11.3 Å². The minimum Gasteiger partial charge on any atom is -0.308 e. The predicted octanol–water partition coefficient (Wildman–Crippen LogP) is 3.50. The molecule has 1 atom stereocenters. The number of hydrogen-bond donors (Lipinski definition) is 1. The van der Waals surface area contributed by atoms with E-state index < -0.39 is 0 Å². The van der Waals surface area contributed by atoms with Gasteiger partial charge in [-0.05, 0) is 25.5 Å². The van der Waals surface area contributed by atoms with Crippen molar-refractivity contribution in [1.82, 2.24) is 10.3 Å². The maximum absolute atomic E-state index is 9.15. The number of rotatable bonds is 2. The molecule has 0 amide bonds. The fourth-order valence-electron chi connectivity index (χ4n) is 2.44. The number of nitrogens with zero attached hydrogens (tertiary/aromatic N) is 2. The summed E-state index contributed by atoms with van der Waals surface area (Å²) in [5.74, 6) is 0. The number of nitriles is 1. The van der Waals surface area contributed by atoms with Crippen molar-refractivity contribution in [2.24, 2.45) is 0 Å². The molecular weight excluding hydrogens is 254 g/mol. The zero-order valence-electron chi connectivity index (χ0n) is 10.6. The summed E-state index contributed by atoms with van der Waals surface area (Å²) in [6.45, 7) is 1.08. The summed E-state index contributed by atoms with van der Waals surface area (Å²) in [6.07, 6.45) is 3.68. The summed E-state index contributed by atoms with van der Waals surface area (Å²) >= 11 is 1.69. The molecule has 1 aromatic heterocycles. The van der Waals surface area contributed by atoms with Crippen molar-refractivity contribution < 1.29 is 0 Å². The molecule has 0 aliphatic carbocycles. The van der Waals surface area contributed by atoms with Crippen molar-refractivity contribution in [3.63, 3.8) is 0 Å². The van der Waals surface area contributed by atoms with Gasteiger partial charge in [-0.1, -0.05) is 24.6 Å². The van der Waals surface area contributed by atoms with E-state index in [0.29, 0.717) is 11.6 Å². The Morgan fingerprint density at radius 2 is 2.21 bits per heavy atom. The minimum absolute atomic E-state index is 0.391. The quantitative estimate of drug-likeness (QED) is 0.907. The second-order valence-electron chi connectivity index (χ2n) is 4.73. The van der Waals surface area contributed by atoms with Gasteiger partial charge in [0.25, 0.3) is 0 Å². The van der Waals surface area contributed by atoms with Crippen molar-refractivity contribution in [2.75, 3.05) is 6.54 Å². The van der Waals surface area contributed by atoms with E-state index in [9.17, 15) is 0 Å². The maximum Gasteiger partial charge on any atom is 0.110 e. The Hall–Kier alpha value is -1.70. The van der Waals surface area contributed by atoms with Gasteiger partial charge in [-0.2, -0.15) is 5.26 Å². The van der Waals surface area contributed by atoms with Gasteiger partial charge >= 0.3 is 0 Å². The van der Waals surface area contributed by atoms with E-state index in [1.165, 1.54) is 12.8 Å². The lowest BCUT2D eigenvalue weighted by atomic mass is 10.1. The zero-order valence-corrected chi connectivity index (χ0v) is 11.4. The Morgan fingerprint density at radius 1 is 1.32 bits per heavy atom. The molecule has 1 aromatic carbocycles. The highest BCUT2D eigenvalue weighted by molar-refractivity contribution is 7.10. The molecule has 19 heavy (non-hydrogen) atoms. The Bertz CT molecular complexity index is 606. The van der Waals surface area contributed by atoms with Crippen LogP contribution < -0.4 is 5.32 Å². The number of aromatic nitrogens is 1. The lowest BCUT2D eigenvalue weighted by molar-refractivity contribution is 0.411. The first-order valence-corrected chi connectivity index (χ1v) is 7.45. The summed E-state index contributed by atoms with van der Waals surface area (Å²) in [5, 5.41) is 15.9. The molecule has 3 nitrogen and oxygen atoms in total. The first-order chi connectivity index (χ1) is 9.38. The van der Waals surface area contributed by atoms with Crippen LogP contribution in [0.15, 0.2) is 29.6 Å². The number of benzene rings is 1. The molecule has 0 saturated carbocycles. The van der Waals surface area contributed by atoms with Crippen molar-refractivity contribution in [3.05, 3.63) is 40.2 Å². The molecule has 1 fully saturated rings. The molecular formula is C15H15N3S. The van der Waals surface area contributed by atoms with Gasteiger partial charge in [-0.3, -0.25) is 0 Å². The van der Waals surface area contributed by atoms with Crippen LogP contribution in [-0.2, 0) is 0 Å². The Labute approximate surface area is 116 Å². The molecule has 4 heteroatoms. The van der Waals surface area contributed by atoms with E-state index in [0.717, 1.165) is 29.2 Å². The van der Waals surface area contributed by atoms with Crippen molar-refractivity contribution in [3.8, 4) is 17.3 Å². The van der Waals surface area contributed by atoms with Crippen molar-refractivity contribution in [1.29, 1.82) is 5.26 Å². The van der Waals surface area contributed by atoms with Gasteiger partial charge in [0.1, 0.15) is 5.01 Å². The molecule has 2 heterocycles. The van der Waals surface area contributed by atoms with Crippen molar-refractivity contribution in [2.45, 2.75) is 25.3 Å². The Morgan fingerprint density at radius 3 is 3.00 bits per heavy atom. The molecule has 0 spiro atoms. The summed E-state index contributed by atoms with van der Waals surface area (Å²) in [7, 11) is 0. The monoisotopic (exact) mass is 269 g/mol. The predicted molar refractivity (Wildman–Crippen MR) is 76.9 cm³/mol. The third-order valence-electron chi connectivity index (χ3n) is 3.45. The van der Waals surface area contributed by atoms with Crippen LogP contribution in [0.3, 0.4) is 0 Å². The zero-order chi connectivity index (χ0) is 13.1. The van der Waals surface area contributed by atoms with E-state index >= 15 is 0 Å². The third kappa shape index (κ3) is 2.53. The van der Waals surface area contributed by atoms with Crippen LogP contribution in [0.5, 0.6) is 0 Å². The van der Waals surface area contributed by atoms with Crippen LogP contribution in [0, 0.1) is 11.3 Å². The molecule has 1 aliphatic heterocycles. The van der Waals surface area contributed by atoms with Gasteiger partial charge in [-0.15, -0.1) is 11.3 Å². The highest BCUT2D eigenvalue weighted by Crippen LogP contribution is 2.30. The lowest BCUT2D eigenvalue weighted by Gasteiger charge is -2.21. The van der Waals surface area contributed by atoms with Gasteiger partial charge < -0.3 is 5.32 Å². The number of thiazole rings is 1. The summed E-state index contributed by atoms with van der Waals surface area (Å²) in [6, 6.07) is 10.3. The van der Waals surface area contributed by atoms with Gasteiger partial charge in [-0.25, -0.2) is 4.98 Å². The molecule has 3 rings (SSSR count). The second kappa shape index (κ2) is 5.52. The van der Waals surface area contributed by atoms with Gasteiger partial charge in [0.05, 0.1) is 23.4 Å². The fraction of sp³-hybridized carbons (Fsp3) is 0.333. The standard InChI is InChI=1S/C15H15N3S/c16-9-11-5-1-2-6-12(11)14-10-19-15(18-14)13-7-3-4-8-17-13/h1-2,5-6,10,13,17H,3-4,7-8H2/t13-/m1/s1. The summed E-state index contributed by atoms with van der Waals surface area (Å²) < 4.78 is 0. The second-order valence-corrected chi connectivity index (χ2v) is 5.62. The van der Waals surface area contributed by atoms with Crippen molar-refractivity contribution >= 4 is 11.3 Å². The smallest absolute Gasteiger partial charge is 0.110 e. The van der Waals surface area contributed by atoms with Crippen LogP contribution in [-0.4, -0.2) is 11.5 Å². The van der Waals surface area contributed by atoms with E-state index in [4.69, 9.17) is 10.2 Å². The Balaban J connectivity index is 1.90.